The predicted octanol–water partition coefficient (Wildman–Crippen LogP) is 3.02. The molecular weight excluding hydrogens is 366 g/mol. The van der Waals surface area contributed by atoms with E-state index in [4.69, 9.17) is 0 Å². The smallest absolute Gasteiger partial charge is 0.238 e. The maximum absolute atomic E-state index is 12.1. The summed E-state index contributed by atoms with van der Waals surface area (Å²) in [5.74, 6) is 0.0608. The van der Waals surface area contributed by atoms with Gasteiger partial charge in [0.2, 0.25) is 5.91 Å². The first kappa shape index (κ1) is 17.7. The van der Waals surface area contributed by atoms with Crippen LogP contribution in [-0.2, 0) is 4.79 Å². The molecule has 6 heteroatoms. The Balaban J connectivity index is 0.00000176. The van der Waals surface area contributed by atoms with Crippen molar-refractivity contribution in [2.75, 3.05) is 18.9 Å². The zero-order valence-corrected chi connectivity index (χ0v) is 15.1. The maximum atomic E-state index is 12.1. The van der Waals surface area contributed by atoms with Crippen molar-refractivity contribution in [3.63, 3.8) is 0 Å². The van der Waals surface area contributed by atoms with Gasteiger partial charge in [-0.25, -0.2) is 0 Å². The molecular formula is C16H23BrClN3O. The summed E-state index contributed by atoms with van der Waals surface area (Å²) >= 11 is 3.39. The van der Waals surface area contributed by atoms with Crippen LogP contribution in [0.4, 0.5) is 5.69 Å². The number of fused-ring (bicyclic) bond motifs is 2. The third-order valence-electron chi connectivity index (χ3n) is 4.59. The van der Waals surface area contributed by atoms with E-state index < -0.39 is 0 Å². The van der Waals surface area contributed by atoms with Crippen LogP contribution < -0.4 is 10.6 Å². The fraction of sp³-hybridized carbons (Fsp3) is 0.562. The van der Waals surface area contributed by atoms with Crippen LogP contribution in [0.2, 0.25) is 0 Å². The number of hydrogen-bond acceptors (Lipinski definition) is 3. The number of carbonyl (C=O) groups is 1. The molecule has 2 unspecified atom stereocenters. The second-order valence-electron chi connectivity index (χ2n) is 6.23. The molecule has 1 amide bonds. The molecule has 2 saturated heterocycles. The zero-order valence-electron chi connectivity index (χ0n) is 12.7. The zero-order chi connectivity index (χ0) is 14.8. The maximum Gasteiger partial charge on any atom is 0.238 e. The van der Waals surface area contributed by atoms with Gasteiger partial charge in [-0.1, -0.05) is 15.9 Å². The van der Waals surface area contributed by atoms with Gasteiger partial charge < -0.3 is 10.6 Å². The summed E-state index contributed by atoms with van der Waals surface area (Å²) in [6.07, 6.45) is 4.91. The molecule has 0 spiro atoms. The highest BCUT2D eigenvalue weighted by Gasteiger charge is 2.35. The number of carbonyl (C=O) groups excluding carboxylic acids is 1. The van der Waals surface area contributed by atoms with Crippen LogP contribution in [-0.4, -0.2) is 42.5 Å². The first-order valence-electron chi connectivity index (χ1n) is 7.62. The summed E-state index contributed by atoms with van der Waals surface area (Å²) in [6.45, 7) is 0.459. The van der Waals surface area contributed by atoms with E-state index in [0.29, 0.717) is 24.7 Å². The molecule has 4 nitrogen and oxygen atoms in total. The van der Waals surface area contributed by atoms with E-state index in [-0.39, 0.29) is 18.3 Å². The molecule has 0 aromatic heterocycles. The minimum Gasteiger partial charge on any atom is -0.325 e. The van der Waals surface area contributed by atoms with Gasteiger partial charge in [0, 0.05) is 28.3 Å². The number of anilines is 1. The molecule has 1 aromatic rings. The van der Waals surface area contributed by atoms with Crippen molar-refractivity contribution in [3.8, 4) is 0 Å². The minimum absolute atomic E-state index is 0. The Hall–Kier alpha value is -0.620. The van der Waals surface area contributed by atoms with Crippen molar-refractivity contribution in [1.82, 2.24) is 10.2 Å². The normalized spacial score (nSPS) is 26.6. The second-order valence-corrected chi connectivity index (χ2v) is 7.15. The van der Waals surface area contributed by atoms with E-state index in [2.05, 4.69) is 38.5 Å². The lowest BCUT2D eigenvalue weighted by Gasteiger charge is -2.35. The third-order valence-corrected chi connectivity index (χ3v) is 5.12. The third kappa shape index (κ3) is 4.44. The van der Waals surface area contributed by atoms with Gasteiger partial charge in [-0.2, -0.15) is 0 Å². The van der Waals surface area contributed by atoms with E-state index >= 15 is 0 Å². The molecule has 0 aliphatic carbocycles. The summed E-state index contributed by atoms with van der Waals surface area (Å²) in [7, 11) is 2.07. The first-order valence-corrected chi connectivity index (χ1v) is 8.41. The van der Waals surface area contributed by atoms with Gasteiger partial charge in [0.25, 0.3) is 0 Å². The van der Waals surface area contributed by atoms with Crippen LogP contribution in [0.1, 0.15) is 25.7 Å². The molecule has 2 bridgehead atoms. The molecule has 2 aliphatic heterocycles. The summed E-state index contributed by atoms with van der Waals surface area (Å²) in [5, 5.41) is 6.60. The molecule has 1 aromatic carbocycles. The van der Waals surface area contributed by atoms with Gasteiger partial charge in [0.05, 0.1) is 6.54 Å². The Morgan fingerprint density at radius 3 is 2.45 bits per heavy atom. The lowest BCUT2D eigenvalue weighted by atomic mass is 9.98. The molecule has 2 fully saturated rings. The molecule has 3 rings (SSSR count). The molecule has 2 atom stereocenters. The van der Waals surface area contributed by atoms with Crippen molar-refractivity contribution in [1.29, 1.82) is 0 Å². The van der Waals surface area contributed by atoms with Gasteiger partial charge in [-0.05, 0) is 57.0 Å². The number of rotatable bonds is 4. The van der Waals surface area contributed by atoms with Crippen LogP contribution in [0.15, 0.2) is 28.7 Å². The minimum atomic E-state index is 0. The number of nitrogens with zero attached hydrogens (tertiary/aromatic N) is 1. The Morgan fingerprint density at radius 1 is 1.27 bits per heavy atom. The van der Waals surface area contributed by atoms with E-state index in [9.17, 15) is 4.79 Å². The fourth-order valence-corrected chi connectivity index (χ4v) is 3.74. The van der Waals surface area contributed by atoms with E-state index in [1.54, 1.807) is 0 Å². The topological polar surface area (TPSA) is 44.4 Å². The predicted molar refractivity (Wildman–Crippen MR) is 95.6 cm³/mol. The number of piperidine rings is 1. The number of benzene rings is 1. The van der Waals surface area contributed by atoms with E-state index in [0.717, 1.165) is 10.2 Å². The number of likely N-dealkylation sites (N-methyl/N-ethyl adjacent to an activating group) is 1. The van der Waals surface area contributed by atoms with Crippen molar-refractivity contribution >= 4 is 39.9 Å². The highest BCUT2D eigenvalue weighted by atomic mass is 79.9. The van der Waals surface area contributed by atoms with Crippen LogP contribution in [0, 0.1) is 0 Å². The SMILES string of the molecule is CN(CC(=O)Nc1ccc(Br)cc1)C1CC2CCC(C1)N2.Cl. The monoisotopic (exact) mass is 387 g/mol. The van der Waals surface area contributed by atoms with Crippen LogP contribution in [0.3, 0.4) is 0 Å². The lowest BCUT2D eigenvalue weighted by Crippen LogP contribution is -2.48. The van der Waals surface area contributed by atoms with Crippen LogP contribution >= 0.6 is 28.3 Å². The van der Waals surface area contributed by atoms with Crippen molar-refractivity contribution in [2.24, 2.45) is 0 Å². The molecule has 2 heterocycles. The molecule has 2 aliphatic rings. The van der Waals surface area contributed by atoms with Gasteiger partial charge in [0.1, 0.15) is 0 Å². The van der Waals surface area contributed by atoms with Crippen molar-refractivity contribution in [2.45, 2.75) is 43.8 Å². The molecule has 0 radical (unpaired) electrons. The van der Waals surface area contributed by atoms with Gasteiger partial charge in [0.15, 0.2) is 0 Å². The van der Waals surface area contributed by atoms with Crippen LogP contribution in [0.5, 0.6) is 0 Å². The largest absolute Gasteiger partial charge is 0.325 e. The molecule has 0 saturated carbocycles. The molecule has 2 N–H and O–H groups in total. The quantitative estimate of drug-likeness (QED) is 0.833. The average Bonchev–Trinajstić information content (AvgIpc) is 2.80. The first-order chi connectivity index (χ1) is 10.1. The van der Waals surface area contributed by atoms with Gasteiger partial charge in [-0.15, -0.1) is 12.4 Å². The van der Waals surface area contributed by atoms with Gasteiger partial charge in [-0.3, -0.25) is 9.69 Å². The standard InChI is InChI=1S/C16H22BrN3O.ClH/c1-20(15-8-13-6-7-14(9-15)18-13)10-16(21)19-12-4-2-11(17)3-5-12;/h2-5,13-15,18H,6-10H2,1H3,(H,19,21);1H. The second kappa shape index (κ2) is 7.77. The van der Waals surface area contributed by atoms with Crippen LogP contribution in [0.25, 0.3) is 0 Å². The van der Waals surface area contributed by atoms with E-state index in [1.807, 2.05) is 24.3 Å². The van der Waals surface area contributed by atoms with Gasteiger partial charge >= 0.3 is 0 Å². The lowest BCUT2D eigenvalue weighted by molar-refractivity contribution is -0.117. The summed E-state index contributed by atoms with van der Waals surface area (Å²) in [4.78, 5) is 14.4. The fourth-order valence-electron chi connectivity index (χ4n) is 3.48. The molecule has 122 valence electrons. The number of halogens is 2. The Morgan fingerprint density at radius 2 is 1.86 bits per heavy atom. The number of nitrogens with one attached hydrogen (secondary N) is 2. The Bertz CT molecular complexity index is 499. The summed E-state index contributed by atoms with van der Waals surface area (Å²) in [6, 6.07) is 9.53. The summed E-state index contributed by atoms with van der Waals surface area (Å²) < 4.78 is 1.02. The highest BCUT2D eigenvalue weighted by molar-refractivity contribution is 9.10. The average molecular weight is 389 g/mol. The Labute approximate surface area is 146 Å². The number of amides is 1. The van der Waals surface area contributed by atoms with E-state index in [1.165, 1.54) is 25.7 Å². The summed E-state index contributed by atoms with van der Waals surface area (Å²) in [5.41, 5.74) is 0.849. The Kier molecular flexibility index (Phi) is 6.26. The highest BCUT2D eigenvalue weighted by Crippen LogP contribution is 2.29. The van der Waals surface area contributed by atoms with Crippen molar-refractivity contribution in [3.05, 3.63) is 28.7 Å². The number of hydrogen-bond donors (Lipinski definition) is 2. The molecule has 22 heavy (non-hydrogen) atoms. The van der Waals surface area contributed by atoms with Crippen molar-refractivity contribution < 1.29 is 4.79 Å².